The van der Waals surface area contributed by atoms with Crippen LogP contribution in [-0.4, -0.2) is 28.8 Å². The average molecular weight is 248 g/mol. The number of aliphatic hydroxyl groups is 2. The molecule has 1 heterocycles. The van der Waals surface area contributed by atoms with E-state index in [1.54, 1.807) is 18.2 Å². The molecule has 0 aliphatic carbocycles. The smallest absolute Gasteiger partial charge is 0.251 e. The van der Waals surface area contributed by atoms with E-state index in [1.807, 2.05) is 0 Å². The molecule has 0 bridgehead atoms. The highest BCUT2D eigenvalue weighted by Crippen LogP contribution is 2.27. The number of nitrogens with zero attached hydrogens (tertiary/aromatic N) is 3. The van der Waals surface area contributed by atoms with E-state index in [0.717, 1.165) is 0 Å². The lowest BCUT2D eigenvalue weighted by Gasteiger charge is -2.18. The Balaban J connectivity index is 2.29. The van der Waals surface area contributed by atoms with E-state index in [-0.39, 0.29) is 12.5 Å². The van der Waals surface area contributed by atoms with Crippen molar-refractivity contribution in [2.75, 3.05) is 6.54 Å². The van der Waals surface area contributed by atoms with Crippen LogP contribution < -0.4 is 5.32 Å². The summed E-state index contributed by atoms with van der Waals surface area (Å²) in [5, 5.41) is 25.5. The van der Waals surface area contributed by atoms with Gasteiger partial charge in [0.05, 0.1) is 12.6 Å². The van der Waals surface area contributed by atoms with Crippen molar-refractivity contribution >= 4 is 5.91 Å². The van der Waals surface area contributed by atoms with Crippen molar-refractivity contribution in [1.82, 2.24) is 5.32 Å². The van der Waals surface area contributed by atoms with Crippen LogP contribution in [0.5, 0.6) is 0 Å². The largest absolute Gasteiger partial charge is 0.390 e. The van der Waals surface area contributed by atoms with Gasteiger partial charge in [-0.25, -0.2) is 0 Å². The van der Waals surface area contributed by atoms with E-state index in [4.69, 9.17) is 5.53 Å². The number of carbonyl (C=O) groups is 1. The van der Waals surface area contributed by atoms with Gasteiger partial charge in [0.1, 0.15) is 6.10 Å². The lowest BCUT2D eigenvalue weighted by Crippen LogP contribution is -2.22. The van der Waals surface area contributed by atoms with Crippen LogP contribution in [0.3, 0.4) is 0 Å². The molecular weight excluding hydrogens is 236 g/mol. The number of rotatable bonds is 4. The summed E-state index contributed by atoms with van der Waals surface area (Å²) in [5.41, 5.74) is 9.82. The van der Waals surface area contributed by atoms with Gasteiger partial charge in [-0.05, 0) is 22.7 Å². The minimum Gasteiger partial charge on any atom is -0.390 e. The van der Waals surface area contributed by atoms with Gasteiger partial charge < -0.3 is 15.5 Å². The minimum absolute atomic E-state index is 0.191. The Morgan fingerprint density at radius 1 is 1.50 bits per heavy atom. The van der Waals surface area contributed by atoms with Crippen LogP contribution in [0.15, 0.2) is 23.3 Å². The highest BCUT2D eigenvalue weighted by Gasteiger charge is 2.27. The Bertz CT molecular complexity index is 525. The number of hydrogen-bond acceptors (Lipinski definition) is 4. The Morgan fingerprint density at radius 2 is 2.28 bits per heavy atom. The topological polar surface area (TPSA) is 118 Å². The lowest BCUT2D eigenvalue weighted by molar-refractivity contribution is 0.0239. The Hall–Kier alpha value is -2.08. The number of aliphatic hydroxyl groups excluding tert-OH is 2. The van der Waals surface area contributed by atoms with Crippen LogP contribution in [0, 0.1) is 0 Å². The molecule has 94 valence electrons. The standard InChI is InChI=1S/C11H12N4O3/c12-15-14-5-9(16)10(17)6-2-1-3-7-8(6)4-13-11(7)18/h1-3,9-10,16-17H,4-5H2,(H,13,18). The molecule has 2 unspecified atom stereocenters. The number of carbonyl (C=O) groups excluding carboxylic acids is 1. The third kappa shape index (κ3) is 2.14. The summed E-state index contributed by atoms with van der Waals surface area (Å²) < 4.78 is 0. The molecular formula is C11H12N4O3. The fraction of sp³-hybridized carbons (Fsp3) is 0.364. The minimum atomic E-state index is -1.19. The van der Waals surface area contributed by atoms with Crippen molar-refractivity contribution < 1.29 is 15.0 Å². The third-order valence-electron chi connectivity index (χ3n) is 2.90. The number of amides is 1. The van der Waals surface area contributed by atoms with Crippen LogP contribution in [0.25, 0.3) is 10.4 Å². The van der Waals surface area contributed by atoms with E-state index in [0.29, 0.717) is 23.2 Å². The quantitative estimate of drug-likeness (QED) is 0.412. The van der Waals surface area contributed by atoms with Gasteiger partial charge in [-0.1, -0.05) is 17.2 Å². The molecule has 1 aromatic rings. The molecule has 1 aliphatic rings. The zero-order chi connectivity index (χ0) is 13.1. The fourth-order valence-electron chi connectivity index (χ4n) is 1.98. The number of fused-ring (bicyclic) bond motifs is 1. The normalized spacial score (nSPS) is 16.4. The van der Waals surface area contributed by atoms with Gasteiger partial charge in [-0.2, -0.15) is 0 Å². The predicted octanol–water partition coefficient (Wildman–Crippen LogP) is 0.635. The molecule has 1 amide bonds. The van der Waals surface area contributed by atoms with Gasteiger partial charge in [0, 0.05) is 17.0 Å². The summed E-state index contributed by atoms with van der Waals surface area (Å²) in [6, 6.07) is 4.94. The molecule has 0 fully saturated rings. The molecule has 18 heavy (non-hydrogen) atoms. The van der Waals surface area contributed by atoms with Gasteiger partial charge in [-0.3, -0.25) is 4.79 Å². The van der Waals surface area contributed by atoms with Crippen molar-refractivity contribution in [3.8, 4) is 0 Å². The highest BCUT2D eigenvalue weighted by atomic mass is 16.3. The van der Waals surface area contributed by atoms with E-state index in [9.17, 15) is 15.0 Å². The Morgan fingerprint density at radius 3 is 3.00 bits per heavy atom. The molecule has 1 aliphatic heterocycles. The molecule has 0 aromatic heterocycles. The van der Waals surface area contributed by atoms with Gasteiger partial charge in [0.15, 0.2) is 0 Å². The van der Waals surface area contributed by atoms with E-state index in [1.165, 1.54) is 0 Å². The zero-order valence-electron chi connectivity index (χ0n) is 9.45. The first kappa shape index (κ1) is 12.4. The predicted molar refractivity (Wildman–Crippen MR) is 62.6 cm³/mol. The molecule has 2 atom stereocenters. The van der Waals surface area contributed by atoms with Crippen LogP contribution in [0.4, 0.5) is 0 Å². The lowest BCUT2D eigenvalue weighted by atomic mass is 9.96. The maximum atomic E-state index is 11.5. The molecule has 1 aromatic carbocycles. The highest BCUT2D eigenvalue weighted by molar-refractivity contribution is 5.98. The molecule has 0 spiro atoms. The summed E-state index contributed by atoms with van der Waals surface area (Å²) >= 11 is 0. The number of nitrogens with one attached hydrogen (secondary N) is 1. The second-order valence-corrected chi connectivity index (χ2v) is 3.98. The van der Waals surface area contributed by atoms with Gasteiger partial charge in [-0.15, -0.1) is 0 Å². The second-order valence-electron chi connectivity index (χ2n) is 3.98. The van der Waals surface area contributed by atoms with Crippen molar-refractivity contribution in [3.05, 3.63) is 45.3 Å². The van der Waals surface area contributed by atoms with E-state index in [2.05, 4.69) is 15.3 Å². The Kier molecular flexibility index (Phi) is 3.47. The van der Waals surface area contributed by atoms with Crippen LogP contribution in [0.2, 0.25) is 0 Å². The first-order valence-electron chi connectivity index (χ1n) is 5.42. The van der Waals surface area contributed by atoms with E-state index >= 15 is 0 Å². The fourth-order valence-corrected chi connectivity index (χ4v) is 1.98. The maximum absolute atomic E-state index is 11.5. The van der Waals surface area contributed by atoms with Gasteiger partial charge >= 0.3 is 0 Å². The first-order valence-corrected chi connectivity index (χ1v) is 5.42. The van der Waals surface area contributed by atoms with Crippen molar-refractivity contribution in [2.24, 2.45) is 5.11 Å². The number of azide groups is 1. The van der Waals surface area contributed by atoms with Crippen LogP contribution in [-0.2, 0) is 6.54 Å². The number of hydrogen-bond donors (Lipinski definition) is 3. The second kappa shape index (κ2) is 5.05. The molecule has 7 nitrogen and oxygen atoms in total. The van der Waals surface area contributed by atoms with Crippen LogP contribution in [0.1, 0.15) is 27.6 Å². The summed E-state index contributed by atoms with van der Waals surface area (Å²) in [5.74, 6) is -0.191. The molecule has 0 saturated heterocycles. The van der Waals surface area contributed by atoms with Gasteiger partial charge in [0.25, 0.3) is 5.91 Å². The zero-order valence-corrected chi connectivity index (χ0v) is 9.45. The van der Waals surface area contributed by atoms with Gasteiger partial charge in [0.2, 0.25) is 0 Å². The molecule has 3 N–H and O–H groups in total. The van der Waals surface area contributed by atoms with Crippen molar-refractivity contribution in [1.29, 1.82) is 0 Å². The molecule has 2 rings (SSSR count). The molecule has 7 heteroatoms. The SMILES string of the molecule is [N-]=[N+]=NCC(O)C(O)c1cccc2c1CNC2=O. The average Bonchev–Trinajstić information content (AvgIpc) is 2.77. The number of benzene rings is 1. The molecule has 0 radical (unpaired) electrons. The summed E-state index contributed by atoms with van der Waals surface area (Å²) in [6.45, 7) is 0.109. The monoisotopic (exact) mass is 248 g/mol. The summed E-state index contributed by atoms with van der Waals surface area (Å²) in [7, 11) is 0. The van der Waals surface area contributed by atoms with Crippen molar-refractivity contribution in [3.63, 3.8) is 0 Å². The summed E-state index contributed by atoms with van der Waals surface area (Å²) in [6.07, 6.45) is -2.37. The Labute approximate surface area is 103 Å². The molecule has 0 saturated carbocycles. The third-order valence-corrected chi connectivity index (χ3v) is 2.90. The van der Waals surface area contributed by atoms with Crippen LogP contribution >= 0.6 is 0 Å². The maximum Gasteiger partial charge on any atom is 0.251 e. The van der Waals surface area contributed by atoms with E-state index < -0.39 is 12.2 Å². The van der Waals surface area contributed by atoms with Crippen molar-refractivity contribution in [2.45, 2.75) is 18.8 Å². The summed E-state index contributed by atoms with van der Waals surface area (Å²) in [4.78, 5) is 14.0. The first-order chi connectivity index (χ1) is 8.65.